The quantitative estimate of drug-likeness (QED) is 0.292. The van der Waals surface area contributed by atoms with E-state index < -0.39 is 0 Å². The second-order valence-corrected chi connectivity index (χ2v) is 1.59. The van der Waals surface area contributed by atoms with E-state index in [2.05, 4.69) is 75.6 Å². The Bertz CT molecular complexity index is 342. The summed E-state index contributed by atoms with van der Waals surface area (Å²) in [5.41, 5.74) is 0. The largest absolute Gasteiger partial charge is 0.473 e. The molecule has 0 aliphatic rings. The zero-order valence-corrected chi connectivity index (χ0v) is 21.0. The van der Waals surface area contributed by atoms with Crippen molar-refractivity contribution in [3.05, 3.63) is 89.2 Å². The molecule has 26 heavy (non-hydrogen) atoms. The summed E-state index contributed by atoms with van der Waals surface area (Å²) >= 11 is 9.06. The van der Waals surface area contributed by atoms with E-state index in [0.29, 0.717) is 0 Å². The Labute approximate surface area is 186 Å². The van der Waals surface area contributed by atoms with Gasteiger partial charge in [0.25, 0.3) is 0 Å². The minimum Gasteiger partial charge on any atom is -0.473 e. The Morgan fingerprint density at radius 3 is 0.577 bits per heavy atom. The fraction of sp³-hybridized carbons (Fsp3) is 0. The van der Waals surface area contributed by atoms with Crippen LogP contribution in [0.3, 0.4) is 0 Å². The van der Waals surface area contributed by atoms with Crippen LogP contribution in [0.2, 0.25) is 0 Å². The van der Waals surface area contributed by atoms with Gasteiger partial charge in [0.1, 0.15) is 0 Å². The van der Waals surface area contributed by atoms with E-state index in [-0.39, 0.29) is 0 Å². The zero-order chi connectivity index (χ0) is 23.1. The maximum atomic E-state index is 7.50. The van der Waals surface area contributed by atoms with Gasteiger partial charge >= 0.3 is 129 Å². The summed E-state index contributed by atoms with van der Waals surface area (Å²) in [6, 6.07) is 7.33. The molecule has 0 aromatic carbocycles. The van der Waals surface area contributed by atoms with Crippen molar-refractivity contribution in [2.45, 2.75) is 0 Å². The van der Waals surface area contributed by atoms with Gasteiger partial charge in [-0.15, -0.1) is 0 Å². The smallest absolute Gasteiger partial charge is 0.0902 e. The number of rotatable bonds is 0. The second-order valence-electron chi connectivity index (χ2n) is 1.59. The molecule has 0 N–H and O–H groups in total. The Morgan fingerprint density at radius 2 is 0.538 bits per heavy atom. The fourth-order valence-electron chi connectivity index (χ4n) is 0.454. The van der Waals surface area contributed by atoms with Gasteiger partial charge in [-0.1, -0.05) is 0 Å². The molecule has 0 radical (unpaired) electrons. The molecule has 2 rings (SSSR count). The maximum absolute atomic E-state index is 7.50. The second kappa shape index (κ2) is 153. The Hall–Kier alpha value is -0.715. The van der Waals surface area contributed by atoms with Gasteiger partial charge in [-0.05, 0) is 24.3 Å². The van der Waals surface area contributed by atoms with Gasteiger partial charge in [-0.2, -0.15) is 0 Å². The number of furan rings is 2. The Morgan fingerprint density at radius 1 is 0.423 bits per heavy atom. The molecule has 0 spiro atoms. The van der Waals surface area contributed by atoms with Crippen molar-refractivity contribution < 1.29 is 71.1 Å². The molecule has 0 atom stereocenters. The van der Waals surface area contributed by atoms with E-state index in [1.165, 1.54) is 34.4 Å². The van der Waals surface area contributed by atoms with Crippen molar-refractivity contribution in [2.75, 3.05) is 0 Å². The molecule has 0 aliphatic heterocycles. The van der Waals surface area contributed by atoms with Gasteiger partial charge in [0.2, 0.25) is 0 Å². The molecule has 0 saturated carbocycles. The van der Waals surface area contributed by atoms with Crippen LogP contribution < -0.4 is 0 Å². The first-order valence-corrected chi connectivity index (χ1v) is 16.3. The molecule has 0 fully saturated rings. The molecule has 2 heterocycles. The van der Waals surface area contributed by atoms with Crippen LogP contribution in [0.4, 0.5) is 0 Å². The zero-order valence-electron chi connectivity index (χ0n) is 12.4. The molecule has 0 bridgehead atoms. The van der Waals surface area contributed by atoms with Crippen molar-refractivity contribution in [3.63, 3.8) is 0 Å². The SMILES string of the molecule is [Br][Re].[Br][Re].[C-]#[O+].[C-]#[O+].[C-]#[O+].[C-]#[O+].[C-]#[O+].[C-]#[O+].c1ccoc1.c1ccoc1. The molecular weight excluding hydrogens is 828 g/mol. The van der Waals surface area contributed by atoms with Crippen LogP contribution in [0, 0.1) is 39.9 Å². The number of halogens is 2. The van der Waals surface area contributed by atoms with Crippen LogP contribution >= 0.6 is 26.9 Å². The first-order valence-electron chi connectivity index (χ1n) is 4.45. The normalized spacial score (nSPS) is 4.00. The Kier molecular flexibility index (Phi) is 293. The van der Waals surface area contributed by atoms with Crippen LogP contribution in [-0.4, -0.2) is 0 Å². The summed E-state index contributed by atoms with van der Waals surface area (Å²) in [4.78, 5) is 0. The van der Waals surface area contributed by atoms with E-state index in [1.54, 1.807) is 25.1 Å². The third-order valence-corrected chi connectivity index (χ3v) is 0.851. The topological polar surface area (TPSA) is 146 Å². The third-order valence-electron chi connectivity index (χ3n) is 0.851. The van der Waals surface area contributed by atoms with Crippen molar-refractivity contribution in [1.29, 1.82) is 0 Å². The molecule has 0 saturated heterocycles. The molecule has 12 heteroatoms. The molecule has 2 aromatic heterocycles. The molecule has 2 aromatic rings. The van der Waals surface area contributed by atoms with Crippen LogP contribution in [0.15, 0.2) is 58.2 Å². The first kappa shape index (κ1) is 49.9. The molecule has 0 amide bonds. The van der Waals surface area contributed by atoms with Gasteiger partial charge in [0, 0.05) is 0 Å². The van der Waals surface area contributed by atoms with Crippen molar-refractivity contribution in [3.8, 4) is 0 Å². The molecule has 8 nitrogen and oxygen atoms in total. The monoisotopic (exact) mass is 836 g/mol. The third kappa shape index (κ3) is 134. The van der Waals surface area contributed by atoms with Gasteiger partial charge in [0.05, 0.1) is 25.1 Å². The van der Waals surface area contributed by atoms with Crippen molar-refractivity contribution in [2.24, 2.45) is 0 Å². The maximum Gasteiger partial charge on any atom is 0.0902 e. The standard InChI is InChI=1S/2C4H4O.6CO.2BrH.2Re/c2*1-2-4-5-3-1;6*1-2;;;;/h2*1-4H;;;;;;;2*1H;;/q;;;;;;;;;;2*+1/p-2. The molecular formula is C14H8Br2O8Re2. The average Bonchev–Trinajstić information content (AvgIpc) is 3.58. The minimum absolute atomic E-state index is 1.53. The van der Waals surface area contributed by atoms with Crippen molar-refractivity contribution in [1.82, 2.24) is 0 Å². The van der Waals surface area contributed by atoms with Gasteiger partial charge < -0.3 is 8.83 Å². The van der Waals surface area contributed by atoms with E-state index in [1.807, 2.05) is 24.3 Å². The van der Waals surface area contributed by atoms with E-state index in [4.69, 9.17) is 27.9 Å². The van der Waals surface area contributed by atoms with Crippen LogP contribution in [0.25, 0.3) is 0 Å². The van der Waals surface area contributed by atoms with E-state index >= 15 is 0 Å². The molecule has 140 valence electrons. The summed E-state index contributed by atoms with van der Waals surface area (Å²) in [5.74, 6) is 0. The van der Waals surface area contributed by atoms with Crippen LogP contribution in [0.5, 0.6) is 0 Å². The van der Waals surface area contributed by atoms with E-state index in [9.17, 15) is 0 Å². The number of hydrogen-bond acceptors (Lipinski definition) is 2. The minimum atomic E-state index is 1.53. The average molecular weight is 836 g/mol. The molecule has 0 aliphatic carbocycles. The summed E-state index contributed by atoms with van der Waals surface area (Å²) in [6.07, 6.45) is 6.50. The van der Waals surface area contributed by atoms with Gasteiger partial charge in [0.15, 0.2) is 0 Å². The number of hydrogen-bond donors (Lipinski definition) is 0. The predicted octanol–water partition coefficient (Wildman–Crippen LogP) is 4.02. The Balaban J connectivity index is -0.0000000243. The van der Waals surface area contributed by atoms with E-state index in [0.717, 1.165) is 0 Å². The summed E-state index contributed by atoms with van der Waals surface area (Å²) < 4.78 is 54.2. The van der Waals surface area contributed by atoms with Gasteiger partial charge in [-0.3, -0.25) is 0 Å². The summed E-state index contributed by atoms with van der Waals surface area (Å²) in [5, 5.41) is 0. The van der Waals surface area contributed by atoms with Crippen molar-refractivity contribution >= 4 is 26.9 Å². The van der Waals surface area contributed by atoms with Gasteiger partial charge in [-0.25, -0.2) is 0 Å². The van der Waals surface area contributed by atoms with Crippen LogP contribution in [0.1, 0.15) is 0 Å². The fourth-order valence-corrected chi connectivity index (χ4v) is 0.454. The first-order chi connectivity index (χ1) is 13.0. The summed E-state index contributed by atoms with van der Waals surface area (Å²) in [7, 11) is 0. The molecule has 0 unspecified atom stereocenters. The van der Waals surface area contributed by atoms with Crippen LogP contribution in [-0.2, 0) is 62.3 Å². The summed E-state index contributed by atoms with van der Waals surface area (Å²) in [6.45, 7) is 27.0. The predicted molar refractivity (Wildman–Crippen MR) is 78.8 cm³/mol.